The lowest BCUT2D eigenvalue weighted by atomic mass is 10.4. The van der Waals surface area contributed by atoms with Gasteiger partial charge in [0.1, 0.15) is 0 Å². The zero-order chi connectivity index (χ0) is 8.72. The molecule has 12 heavy (non-hydrogen) atoms. The van der Waals surface area contributed by atoms with E-state index in [-0.39, 0.29) is 18.4 Å². The van der Waals surface area contributed by atoms with Crippen LogP contribution < -0.4 is 0 Å². The zero-order valence-electron chi connectivity index (χ0n) is 6.62. The van der Waals surface area contributed by atoms with Crippen LogP contribution in [0.5, 0.6) is 11.8 Å². The van der Waals surface area contributed by atoms with Gasteiger partial charge in [-0.3, -0.25) is 4.57 Å². The largest absolute Gasteiger partial charge is 0.494 e. The van der Waals surface area contributed by atoms with Crippen LogP contribution in [0.4, 0.5) is 0 Å². The Balaban J connectivity index is 2.21. The number of aliphatic hydroxyl groups excluding tert-OH is 1. The Labute approximate surface area is 69.7 Å². The molecule has 0 bridgehead atoms. The van der Waals surface area contributed by atoms with Gasteiger partial charge < -0.3 is 15.3 Å². The predicted molar refractivity (Wildman–Crippen MR) is 42.3 cm³/mol. The smallest absolute Gasteiger partial charge is 0.197 e. The number of hydrogen-bond donors (Lipinski definition) is 3. The zero-order valence-corrected chi connectivity index (χ0v) is 6.62. The van der Waals surface area contributed by atoms with Crippen molar-refractivity contribution in [3.05, 3.63) is 11.1 Å². The van der Waals surface area contributed by atoms with Gasteiger partial charge in [-0.05, 0) is 6.42 Å². The van der Waals surface area contributed by atoms with Gasteiger partial charge in [-0.25, -0.2) is 0 Å². The number of rotatable bonds is 3. The Morgan fingerprint density at radius 2 is 1.75 bits per heavy atom. The minimum absolute atomic E-state index is 0.0712. The summed E-state index contributed by atoms with van der Waals surface area (Å²) in [5, 5.41) is 27.4. The van der Waals surface area contributed by atoms with Gasteiger partial charge in [0.2, 0.25) is 0 Å². The molecule has 1 aliphatic carbocycles. The molecule has 1 aromatic rings. The number of fused-ring (bicyclic) bond motifs is 1. The highest BCUT2D eigenvalue weighted by Gasteiger charge is 2.32. The Kier molecular flexibility index (Phi) is 1.51. The molecule has 0 spiro atoms. The van der Waals surface area contributed by atoms with E-state index >= 15 is 0 Å². The van der Waals surface area contributed by atoms with E-state index in [1.165, 1.54) is 4.57 Å². The summed E-state index contributed by atoms with van der Waals surface area (Å²) < 4.78 is 1.43. The molecule has 0 aromatic carbocycles. The van der Waals surface area contributed by atoms with E-state index in [0.717, 1.165) is 11.1 Å². The monoisotopic (exact) mass is 169 g/mol. The second-order valence-electron chi connectivity index (χ2n) is 3.01. The predicted octanol–water partition coefficient (Wildman–Crippen LogP) is 0.186. The minimum Gasteiger partial charge on any atom is -0.494 e. The lowest BCUT2D eigenvalue weighted by molar-refractivity contribution is 0.270. The number of hydrogen-bond acceptors (Lipinski definition) is 3. The maximum atomic E-state index is 9.42. The highest BCUT2D eigenvalue weighted by atomic mass is 16.3. The second-order valence-corrected chi connectivity index (χ2v) is 3.01. The first kappa shape index (κ1) is 7.49. The van der Waals surface area contributed by atoms with Crippen LogP contribution in [0.25, 0.3) is 0 Å². The van der Waals surface area contributed by atoms with Crippen molar-refractivity contribution in [1.82, 2.24) is 4.57 Å². The molecular weight excluding hydrogens is 158 g/mol. The van der Waals surface area contributed by atoms with Crippen molar-refractivity contribution in [3.8, 4) is 11.8 Å². The molecule has 3 N–H and O–H groups in total. The fourth-order valence-electron chi connectivity index (χ4n) is 1.43. The summed E-state index contributed by atoms with van der Waals surface area (Å²) >= 11 is 0. The van der Waals surface area contributed by atoms with Crippen LogP contribution in [0.2, 0.25) is 0 Å². The fourth-order valence-corrected chi connectivity index (χ4v) is 1.43. The summed E-state index contributed by atoms with van der Waals surface area (Å²) in [7, 11) is 0. The maximum Gasteiger partial charge on any atom is 0.197 e. The van der Waals surface area contributed by atoms with Gasteiger partial charge in [-0.15, -0.1) is 0 Å². The molecule has 0 radical (unpaired) electrons. The van der Waals surface area contributed by atoms with E-state index in [2.05, 4.69) is 0 Å². The molecule has 1 aromatic heterocycles. The van der Waals surface area contributed by atoms with Crippen LogP contribution in [0, 0.1) is 0 Å². The molecule has 0 fully saturated rings. The van der Waals surface area contributed by atoms with Crippen LogP contribution in [0.3, 0.4) is 0 Å². The van der Waals surface area contributed by atoms with Gasteiger partial charge in [0, 0.05) is 30.7 Å². The molecule has 2 rings (SSSR count). The topological polar surface area (TPSA) is 65.6 Å². The molecule has 0 unspecified atom stereocenters. The van der Waals surface area contributed by atoms with Crippen molar-refractivity contribution in [2.24, 2.45) is 0 Å². The van der Waals surface area contributed by atoms with Crippen LogP contribution in [-0.4, -0.2) is 26.5 Å². The Morgan fingerprint density at radius 3 is 2.25 bits per heavy atom. The van der Waals surface area contributed by atoms with Crippen LogP contribution >= 0.6 is 0 Å². The van der Waals surface area contributed by atoms with Gasteiger partial charge >= 0.3 is 0 Å². The van der Waals surface area contributed by atoms with Gasteiger partial charge in [0.25, 0.3) is 0 Å². The molecule has 0 saturated heterocycles. The first-order valence-corrected chi connectivity index (χ1v) is 3.98. The minimum atomic E-state index is 0.0712. The first-order chi connectivity index (χ1) is 5.75. The lowest BCUT2D eigenvalue weighted by Crippen LogP contribution is -2.00. The van der Waals surface area contributed by atoms with Crippen molar-refractivity contribution >= 4 is 0 Å². The summed E-state index contributed by atoms with van der Waals surface area (Å²) in [5.74, 6) is 0.326. The van der Waals surface area contributed by atoms with Gasteiger partial charge in [0.15, 0.2) is 11.8 Å². The third-order valence-electron chi connectivity index (χ3n) is 2.18. The molecule has 1 heterocycles. The molecule has 0 atom stereocenters. The van der Waals surface area contributed by atoms with E-state index in [1.54, 1.807) is 0 Å². The fraction of sp³-hybridized carbons (Fsp3) is 0.500. The van der Waals surface area contributed by atoms with Crippen molar-refractivity contribution in [2.75, 3.05) is 6.61 Å². The molecule has 4 nitrogen and oxygen atoms in total. The second kappa shape index (κ2) is 2.42. The van der Waals surface area contributed by atoms with Gasteiger partial charge in [0.05, 0.1) is 0 Å². The summed E-state index contributed by atoms with van der Waals surface area (Å²) in [6, 6.07) is 0. The summed E-state index contributed by atoms with van der Waals surface area (Å²) in [6.45, 7) is 0.545. The average Bonchev–Trinajstić information content (AvgIpc) is 2.78. The maximum absolute atomic E-state index is 9.42. The van der Waals surface area contributed by atoms with E-state index in [0.29, 0.717) is 19.4 Å². The van der Waals surface area contributed by atoms with Crippen molar-refractivity contribution in [3.63, 3.8) is 0 Å². The average molecular weight is 169 g/mol. The van der Waals surface area contributed by atoms with Crippen LogP contribution in [0.1, 0.15) is 17.5 Å². The van der Waals surface area contributed by atoms with Crippen molar-refractivity contribution < 1.29 is 15.3 Å². The summed E-state index contributed by atoms with van der Waals surface area (Å²) in [4.78, 5) is 0. The Morgan fingerprint density at radius 1 is 1.17 bits per heavy atom. The normalized spacial score (nSPS) is 13.1. The molecule has 0 amide bonds. The van der Waals surface area contributed by atoms with Gasteiger partial charge in [-0.2, -0.15) is 0 Å². The van der Waals surface area contributed by atoms with Gasteiger partial charge in [-0.1, -0.05) is 0 Å². The highest BCUT2D eigenvalue weighted by molar-refractivity contribution is 5.59. The third kappa shape index (κ3) is 0.881. The molecule has 1 aliphatic rings. The first-order valence-electron chi connectivity index (χ1n) is 3.98. The molecule has 66 valence electrons. The quantitative estimate of drug-likeness (QED) is 0.614. The SMILES string of the molecule is OCCCn1c(O)c2c(c1O)C2. The molecule has 0 aliphatic heterocycles. The number of aromatic hydroxyl groups is 2. The van der Waals surface area contributed by atoms with Crippen molar-refractivity contribution in [1.29, 1.82) is 0 Å². The van der Waals surface area contributed by atoms with Crippen molar-refractivity contribution in [2.45, 2.75) is 19.4 Å². The Hall–Kier alpha value is -1.16. The van der Waals surface area contributed by atoms with E-state index < -0.39 is 0 Å². The standard InChI is InChI=1S/C8H11NO3/c10-3-1-2-9-7(11)5-4-6(5)8(9)12/h10-12H,1-4H2. The molecule has 4 heteroatoms. The van der Waals surface area contributed by atoms with E-state index in [9.17, 15) is 10.2 Å². The van der Waals surface area contributed by atoms with Crippen LogP contribution in [0.15, 0.2) is 0 Å². The van der Waals surface area contributed by atoms with E-state index in [4.69, 9.17) is 5.11 Å². The third-order valence-corrected chi connectivity index (χ3v) is 2.18. The molecular formula is C8H11NO3. The van der Waals surface area contributed by atoms with E-state index in [1.807, 2.05) is 0 Å². The number of aromatic nitrogens is 1. The number of aliphatic hydroxyl groups is 1. The highest BCUT2D eigenvalue weighted by Crippen LogP contribution is 2.46. The lowest BCUT2D eigenvalue weighted by Gasteiger charge is -2.06. The van der Waals surface area contributed by atoms with Crippen LogP contribution in [-0.2, 0) is 13.0 Å². The number of nitrogens with zero attached hydrogens (tertiary/aromatic N) is 1. The summed E-state index contributed by atoms with van der Waals surface area (Å²) in [5.41, 5.74) is 1.70. The summed E-state index contributed by atoms with van der Waals surface area (Å²) in [6.07, 6.45) is 1.27. The Bertz CT molecular complexity index is 291. The molecule has 0 saturated carbocycles.